The Balaban J connectivity index is 1.47. The molecule has 1 atom stereocenters. The normalized spacial score (nSPS) is 25.2. The highest BCUT2D eigenvalue weighted by atomic mass is 16.5. The van der Waals surface area contributed by atoms with Crippen molar-refractivity contribution in [3.8, 4) is 0 Å². The summed E-state index contributed by atoms with van der Waals surface area (Å²) in [6.45, 7) is 3.31. The van der Waals surface area contributed by atoms with Crippen molar-refractivity contribution in [1.29, 1.82) is 0 Å². The average Bonchev–Trinajstić information content (AvgIpc) is 3.06. The highest BCUT2D eigenvalue weighted by Gasteiger charge is 2.52. The lowest BCUT2D eigenvalue weighted by molar-refractivity contribution is 0.0763. The summed E-state index contributed by atoms with van der Waals surface area (Å²) in [4.78, 5) is 14.9. The number of aryl methyl sites for hydroxylation is 1. The minimum absolute atomic E-state index is 0.0249. The zero-order valence-corrected chi connectivity index (χ0v) is 14.5. The number of carbonyl (C=O) groups is 1. The van der Waals surface area contributed by atoms with Crippen LogP contribution in [-0.2, 0) is 0 Å². The van der Waals surface area contributed by atoms with Gasteiger partial charge in [-0.25, -0.2) is 0 Å². The predicted molar refractivity (Wildman–Crippen MR) is 89.1 cm³/mol. The second-order valence-corrected chi connectivity index (χ2v) is 7.96. The molecule has 25 heavy (non-hydrogen) atoms. The Morgan fingerprint density at radius 3 is 2.80 bits per heavy atom. The molecule has 3 heterocycles. The third kappa shape index (κ3) is 2.40. The number of carbonyl (C=O) groups excluding carboxylic acids is 1. The van der Waals surface area contributed by atoms with Crippen molar-refractivity contribution >= 4 is 5.91 Å². The summed E-state index contributed by atoms with van der Waals surface area (Å²) in [6.07, 6.45) is 9.10. The van der Waals surface area contributed by atoms with E-state index in [1.54, 1.807) is 6.07 Å². The molecule has 2 aromatic heterocycles. The molecule has 1 spiro atoms. The fraction of sp³-hybridized carbons (Fsp3) is 0.667. The van der Waals surface area contributed by atoms with E-state index in [-0.39, 0.29) is 17.2 Å². The van der Waals surface area contributed by atoms with Gasteiger partial charge in [-0.1, -0.05) is 18.0 Å². The number of rotatable bonds is 3. The second kappa shape index (κ2) is 5.41. The van der Waals surface area contributed by atoms with Gasteiger partial charge in [0.1, 0.15) is 17.9 Å². The van der Waals surface area contributed by atoms with E-state index >= 15 is 0 Å². The van der Waals surface area contributed by atoms with Crippen molar-refractivity contribution in [2.45, 2.75) is 57.4 Å². The molecule has 2 aromatic rings. The molecule has 7 heteroatoms. The number of hydrogen-bond acceptors (Lipinski definition) is 5. The largest absolute Gasteiger partial charge is 0.361 e. The fourth-order valence-electron chi connectivity index (χ4n) is 4.83. The maximum absolute atomic E-state index is 12.9. The van der Waals surface area contributed by atoms with Crippen LogP contribution in [0.15, 0.2) is 16.9 Å². The molecule has 0 bridgehead atoms. The molecule has 1 amide bonds. The maximum Gasteiger partial charge on any atom is 0.276 e. The molecule has 0 aromatic carbocycles. The van der Waals surface area contributed by atoms with Crippen LogP contribution in [0.25, 0.3) is 0 Å². The van der Waals surface area contributed by atoms with Gasteiger partial charge in [-0.15, -0.1) is 10.2 Å². The first-order valence-corrected chi connectivity index (χ1v) is 9.28. The van der Waals surface area contributed by atoms with Gasteiger partial charge in [0.05, 0.1) is 0 Å². The summed E-state index contributed by atoms with van der Waals surface area (Å²) in [7, 11) is 0. The van der Waals surface area contributed by atoms with Crippen LogP contribution in [0.4, 0.5) is 0 Å². The Labute approximate surface area is 146 Å². The molecule has 2 saturated carbocycles. The van der Waals surface area contributed by atoms with Crippen LogP contribution in [-0.4, -0.2) is 43.8 Å². The molecule has 2 aliphatic carbocycles. The van der Waals surface area contributed by atoms with Gasteiger partial charge in [-0.05, 0) is 38.0 Å². The van der Waals surface area contributed by atoms with E-state index < -0.39 is 0 Å². The van der Waals surface area contributed by atoms with E-state index in [1.807, 2.05) is 18.2 Å². The smallest absolute Gasteiger partial charge is 0.276 e. The Hall–Kier alpha value is -2.18. The minimum atomic E-state index is -0.0249. The lowest BCUT2D eigenvalue weighted by Crippen LogP contribution is -2.31. The Bertz CT molecular complexity index is 800. The molecule has 7 nitrogen and oxygen atoms in total. The standard InChI is InChI=1S/C18H23N5O2/c1-12-8-15(21-25-12)17(24)22-9-14(18(10-22)6-2-3-7-18)16-20-19-11-23(16)13-4-5-13/h8,11,13-14H,2-7,9-10H2,1H3. The molecule has 132 valence electrons. The number of nitrogens with zero attached hydrogens (tertiary/aromatic N) is 5. The van der Waals surface area contributed by atoms with Crippen LogP contribution < -0.4 is 0 Å². The van der Waals surface area contributed by atoms with Crippen LogP contribution in [0.2, 0.25) is 0 Å². The van der Waals surface area contributed by atoms with Crippen molar-refractivity contribution in [2.75, 3.05) is 13.1 Å². The summed E-state index contributed by atoms with van der Waals surface area (Å²) >= 11 is 0. The van der Waals surface area contributed by atoms with E-state index in [0.29, 0.717) is 24.0 Å². The average molecular weight is 341 g/mol. The first kappa shape index (κ1) is 15.1. The van der Waals surface area contributed by atoms with Crippen LogP contribution in [0.5, 0.6) is 0 Å². The van der Waals surface area contributed by atoms with E-state index in [1.165, 1.54) is 25.7 Å². The van der Waals surface area contributed by atoms with Gasteiger partial charge in [0.2, 0.25) is 0 Å². The number of likely N-dealkylation sites (tertiary alicyclic amines) is 1. The van der Waals surface area contributed by atoms with Crippen molar-refractivity contribution < 1.29 is 9.32 Å². The van der Waals surface area contributed by atoms with E-state index in [2.05, 4.69) is 19.9 Å². The van der Waals surface area contributed by atoms with Crippen LogP contribution in [0, 0.1) is 12.3 Å². The van der Waals surface area contributed by atoms with Crippen molar-refractivity contribution in [3.05, 3.63) is 29.7 Å². The number of hydrogen-bond donors (Lipinski definition) is 0. The van der Waals surface area contributed by atoms with Gasteiger partial charge in [-0.3, -0.25) is 4.79 Å². The number of aromatic nitrogens is 4. The summed E-state index contributed by atoms with van der Waals surface area (Å²) in [6, 6.07) is 2.29. The first-order chi connectivity index (χ1) is 12.2. The summed E-state index contributed by atoms with van der Waals surface area (Å²) in [5, 5.41) is 12.6. The number of amides is 1. The van der Waals surface area contributed by atoms with Gasteiger partial charge in [0, 0.05) is 31.1 Å². The molecular weight excluding hydrogens is 318 g/mol. The second-order valence-electron chi connectivity index (χ2n) is 7.96. The minimum Gasteiger partial charge on any atom is -0.361 e. The quantitative estimate of drug-likeness (QED) is 0.858. The first-order valence-electron chi connectivity index (χ1n) is 9.28. The maximum atomic E-state index is 12.9. The highest BCUT2D eigenvalue weighted by Crippen LogP contribution is 2.54. The Morgan fingerprint density at radius 2 is 2.12 bits per heavy atom. The van der Waals surface area contributed by atoms with Gasteiger partial charge >= 0.3 is 0 Å². The third-order valence-electron chi connectivity index (χ3n) is 6.23. The van der Waals surface area contributed by atoms with E-state index in [0.717, 1.165) is 25.2 Å². The molecule has 1 saturated heterocycles. The molecule has 3 aliphatic rings. The van der Waals surface area contributed by atoms with Crippen LogP contribution >= 0.6 is 0 Å². The summed E-state index contributed by atoms with van der Waals surface area (Å²) in [5.74, 6) is 2.00. The molecule has 1 unspecified atom stereocenters. The van der Waals surface area contributed by atoms with Crippen molar-refractivity contribution in [1.82, 2.24) is 24.8 Å². The fourth-order valence-corrected chi connectivity index (χ4v) is 4.83. The van der Waals surface area contributed by atoms with Crippen LogP contribution in [0.1, 0.15) is 72.6 Å². The third-order valence-corrected chi connectivity index (χ3v) is 6.23. The molecule has 0 N–H and O–H groups in total. The zero-order valence-electron chi connectivity index (χ0n) is 14.5. The molecular formula is C18H23N5O2. The summed E-state index contributed by atoms with van der Waals surface area (Å²) in [5.41, 5.74) is 0.559. The summed E-state index contributed by atoms with van der Waals surface area (Å²) < 4.78 is 7.36. The lowest BCUT2D eigenvalue weighted by atomic mass is 9.76. The predicted octanol–water partition coefficient (Wildman–Crippen LogP) is 2.71. The molecule has 5 rings (SSSR count). The van der Waals surface area contributed by atoms with E-state index in [4.69, 9.17) is 4.52 Å². The van der Waals surface area contributed by atoms with Gasteiger partial charge in [-0.2, -0.15) is 0 Å². The molecule has 3 fully saturated rings. The topological polar surface area (TPSA) is 77.1 Å². The van der Waals surface area contributed by atoms with Crippen LogP contribution in [0.3, 0.4) is 0 Å². The van der Waals surface area contributed by atoms with Crippen molar-refractivity contribution in [3.63, 3.8) is 0 Å². The van der Waals surface area contributed by atoms with E-state index in [9.17, 15) is 4.79 Å². The molecule has 1 aliphatic heterocycles. The molecule has 0 radical (unpaired) electrons. The van der Waals surface area contributed by atoms with Gasteiger partial charge in [0.25, 0.3) is 5.91 Å². The van der Waals surface area contributed by atoms with Crippen molar-refractivity contribution in [2.24, 2.45) is 5.41 Å². The van der Waals surface area contributed by atoms with Gasteiger partial charge in [0.15, 0.2) is 5.69 Å². The zero-order chi connectivity index (χ0) is 17.0. The lowest BCUT2D eigenvalue weighted by Gasteiger charge is -2.29. The Kier molecular flexibility index (Phi) is 3.27. The van der Waals surface area contributed by atoms with Gasteiger partial charge < -0.3 is 14.0 Å². The SMILES string of the molecule is Cc1cc(C(=O)N2CC(c3nncn3C3CC3)C3(CCCC3)C2)no1. The highest BCUT2D eigenvalue weighted by molar-refractivity contribution is 5.92. The Morgan fingerprint density at radius 1 is 1.32 bits per heavy atom. The monoisotopic (exact) mass is 341 g/mol.